The lowest BCUT2D eigenvalue weighted by Gasteiger charge is -2.33. The van der Waals surface area contributed by atoms with Crippen LogP contribution in [0.1, 0.15) is 84.4 Å². The summed E-state index contributed by atoms with van der Waals surface area (Å²) in [6.07, 6.45) is 3.93. The minimum absolute atomic E-state index is 0.0854. The zero-order valence-electron chi connectivity index (χ0n) is 76.1. The summed E-state index contributed by atoms with van der Waals surface area (Å²) in [5.41, 5.74) is 12.6. The van der Waals surface area contributed by atoms with E-state index in [2.05, 4.69) is 68.1 Å². The number of hydrogen-bond donors (Lipinski definition) is 20. The minimum atomic E-state index is -1.64. The summed E-state index contributed by atoms with van der Waals surface area (Å²) in [5.74, 6) is -17.9. The van der Waals surface area contributed by atoms with E-state index in [0.29, 0.717) is 27.9 Å². The minimum Gasteiger partial charge on any atom is -0.480 e. The van der Waals surface area contributed by atoms with Crippen molar-refractivity contribution in [2.75, 3.05) is 202 Å². The molecule has 0 saturated carbocycles. The number of nitrogens with one attached hydrogen (secondary N) is 12. The summed E-state index contributed by atoms with van der Waals surface area (Å²) < 4.78 is 0. The molecule has 2 aliphatic heterocycles. The Morgan fingerprint density at radius 3 is 1.27 bits per heavy atom. The molecule has 2 aromatic heterocycles. The number of thioether (sulfide) groups is 1. The third kappa shape index (κ3) is 44.3. The highest BCUT2D eigenvalue weighted by Gasteiger charge is 2.36. The Balaban J connectivity index is 1.35. The molecule has 5 rings (SSSR count). The van der Waals surface area contributed by atoms with E-state index in [1.54, 1.807) is 83.5 Å². The van der Waals surface area contributed by atoms with Gasteiger partial charge >= 0.3 is 35.8 Å². The van der Waals surface area contributed by atoms with Gasteiger partial charge in [-0.15, -0.1) is 0 Å². The van der Waals surface area contributed by atoms with E-state index in [4.69, 9.17) is 11.5 Å². The SMILES string of the molecule is CSCC[C@H](NC(=O)C(CC(C)C)NC(=O)[C@H](Cc1c[nH]cn1)NC(=O)CNC(=O)[C@@H](NC(=O)C(C)NC(=O)[C@H](Cc1c[nH]c2ccccc12)NC(=O)C(CCC(N)=O)NC(=O)CCC(=O)N(CCNC(=O)CN1CCN(CC(=O)O)CCN(CC(=O)O)CCN(CC(=O)O)CC1)CCNC(=O)CN1CCN(CC(=O)O)CCN(CC(=O)O)CCN(CC(=O)O)CC1)C(C)C)C(N)=O. The molecule has 1 aromatic carbocycles. The average molecular weight is 1900 g/mol. The van der Waals surface area contributed by atoms with E-state index in [1.807, 2.05) is 20.1 Å². The van der Waals surface area contributed by atoms with Crippen LogP contribution in [0.2, 0.25) is 0 Å². The van der Waals surface area contributed by atoms with E-state index in [-0.39, 0.29) is 176 Å². The monoisotopic (exact) mass is 1900 g/mol. The number of H-pyrrole nitrogens is 2. The molecule has 0 bridgehead atoms. The fraction of sp³-hybridized carbons (Fsp3) is 0.639. The average Bonchev–Trinajstić information content (AvgIpc) is 1.47. The molecule has 740 valence electrons. The fourth-order valence-electron chi connectivity index (χ4n) is 14.6. The summed E-state index contributed by atoms with van der Waals surface area (Å²) in [5, 5.41) is 85.1. The smallest absolute Gasteiger partial charge is 0.317 e. The van der Waals surface area contributed by atoms with Crippen molar-refractivity contribution < 1.29 is 122 Å². The van der Waals surface area contributed by atoms with Gasteiger partial charge in [0.1, 0.15) is 42.3 Å². The summed E-state index contributed by atoms with van der Waals surface area (Å²) >= 11 is 1.43. The number of aromatic nitrogens is 3. The van der Waals surface area contributed by atoms with Crippen LogP contribution in [0.15, 0.2) is 43.0 Å². The van der Waals surface area contributed by atoms with Crippen LogP contribution >= 0.6 is 11.8 Å². The number of para-hydroxylation sites is 1. The van der Waals surface area contributed by atoms with Gasteiger partial charge in [-0.05, 0) is 61.7 Å². The molecule has 3 unspecified atom stereocenters. The van der Waals surface area contributed by atoms with Crippen molar-refractivity contribution in [3.05, 3.63) is 54.2 Å². The zero-order valence-corrected chi connectivity index (χ0v) is 76.9. The van der Waals surface area contributed by atoms with E-state index in [9.17, 15) is 122 Å². The van der Waals surface area contributed by atoms with Crippen LogP contribution in [0, 0.1) is 11.8 Å². The Labute approximate surface area is 773 Å². The normalized spacial score (nSPS) is 16.5. The standard InChI is InChI=1S/C83H132N24O25S/c1-52(2)37-61(81(130)95-59(77(85)126)15-36-133-6)96-82(131)63(39-56-41-86-51-91-56)94-66(110)42-90-83(132)76(53(3)4)98-78(127)54(5)92-80(129)62(38-55-40-89-58-10-8-7-9-57(55)58)97-79(128)60(11-12-64(84)108)93-65(109)13-14-69(113)107(18-16-87-67(111)43-99-20-24-101(45-70(114)115)28-32-105(49-74(122)123)33-29-102(25-21-99)46-71(116)117)19-17-88-68(112)44-100-22-26-103(47-72(118)119)30-34-106(50-75(124)125)35-31-104(27-23-100)48-73(120)121/h7-10,40-41,51-54,59-63,76,89H,11-39,42-50H2,1-6H3,(H2,84,108)(H2,85,126)(H,86,91)(H,87,111)(H,88,112)(H,90,132)(H,92,129)(H,93,109)(H,94,110)(H,95,130)(H,96,131)(H,97,128)(H,98,127)(H,114,115)(H,116,117)(H,118,119)(H,120,121)(H,122,123)(H,124,125)/t54?,59-,60?,61?,62-,63-,76-/m0/s1. The van der Waals surface area contributed by atoms with Gasteiger partial charge in [0.05, 0.1) is 70.9 Å². The lowest BCUT2D eigenvalue weighted by molar-refractivity contribution is -0.140. The molecule has 2 aliphatic rings. The van der Waals surface area contributed by atoms with Crippen LogP contribution in [-0.2, 0) is 104 Å². The molecule has 0 aliphatic carbocycles. The number of benzene rings is 1. The first kappa shape index (κ1) is 111. The van der Waals surface area contributed by atoms with E-state index >= 15 is 0 Å². The molecule has 50 heteroatoms. The van der Waals surface area contributed by atoms with Crippen LogP contribution in [0.4, 0.5) is 0 Å². The van der Waals surface area contributed by atoms with Gasteiger partial charge in [0.2, 0.25) is 76.8 Å². The maximum Gasteiger partial charge on any atom is 0.317 e. The predicted molar refractivity (Wildman–Crippen MR) is 481 cm³/mol. The van der Waals surface area contributed by atoms with Crippen molar-refractivity contribution in [3.8, 4) is 0 Å². The maximum atomic E-state index is 14.7. The number of nitrogens with two attached hydrogens (primary N) is 2. The molecule has 49 nitrogen and oxygen atoms in total. The number of amides is 13. The van der Waals surface area contributed by atoms with E-state index < -0.39 is 232 Å². The third-order valence-electron chi connectivity index (χ3n) is 21.8. The van der Waals surface area contributed by atoms with Crippen LogP contribution in [-0.4, -0.2) is 446 Å². The fourth-order valence-corrected chi connectivity index (χ4v) is 15.1. The Morgan fingerprint density at radius 1 is 0.436 bits per heavy atom. The lowest BCUT2D eigenvalue weighted by Crippen LogP contribution is -2.59. The summed E-state index contributed by atoms with van der Waals surface area (Å²) in [6, 6.07) is -2.67. The number of carboxylic acid groups (broad SMARTS) is 6. The second kappa shape index (κ2) is 58.7. The number of aliphatic carboxylic acids is 6. The van der Waals surface area contributed by atoms with Gasteiger partial charge in [-0.25, -0.2) is 4.98 Å². The Kier molecular flexibility index (Phi) is 49.2. The molecule has 2 saturated heterocycles. The predicted octanol–water partition coefficient (Wildman–Crippen LogP) is -7.80. The van der Waals surface area contributed by atoms with Crippen molar-refractivity contribution in [2.45, 2.75) is 128 Å². The Bertz CT molecular complexity index is 4220. The van der Waals surface area contributed by atoms with Crippen LogP contribution < -0.4 is 64.6 Å². The largest absolute Gasteiger partial charge is 0.480 e. The molecule has 133 heavy (non-hydrogen) atoms. The van der Waals surface area contributed by atoms with E-state index in [1.165, 1.54) is 36.1 Å². The van der Waals surface area contributed by atoms with Crippen LogP contribution in [0.25, 0.3) is 10.9 Å². The number of nitrogens with zero attached hydrogens (tertiary/aromatic N) is 10. The van der Waals surface area contributed by atoms with Gasteiger partial charge in [0.25, 0.3) is 0 Å². The van der Waals surface area contributed by atoms with Gasteiger partial charge in [-0.1, -0.05) is 45.9 Å². The molecule has 3 aromatic rings. The molecule has 7 atom stereocenters. The highest BCUT2D eigenvalue weighted by molar-refractivity contribution is 7.98. The Morgan fingerprint density at radius 2 is 0.850 bits per heavy atom. The highest BCUT2D eigenvalue weighted by atomic mass is 32.2. The van der Waals surface area contributed by atoms with Gasteiger partial charge in [0, 0.05) is 186 Å². The molecular formula is C83H132N24O25S. The van der Waals surface area contributed by atoms with Crippen molar-refractivity contribution in [1.29, 1.82) is 0 Å². The first-order valence-electron chi connectivity index (χ1n) is 43.9. The van der Waals surface area contributed by atoms with Gasteiger partial charge in [0.15, 0.2) is 0 Å². The molecule has 0 spiro atoms. The molecule has 13 amide bonds. The second-order valence-electron chi connectivity index (χ2n) is 33.4. The maximum absolute atomic E-state index is 14.7. The molecular weight excluding hydrogens is 1770 g/mol. The molecule has 22 N–H and O–H groups in total. The quantitative estimate of drug-likeness (QED) is 0.0250. The first-order chi connectivity index (χ1) is 63.0. The topological polar surface area (TPSA) is 692 Å². The number of imidazole rings is 1. The van der Waals surface area contributed by atoms with Gasteiger partial charge < -0.3 is 110 Å². The van der Waals surface area contributed by atoms with Crippen molar-refractivity contribution >= 4 is 135 Å². The van der Waals surface area contributed by atoms with Crippen LogP contribution in [0.5, 0.6) is 0 Å². The van der Waals surface area contributed by atoms with Gasteiger partial charge in [-0.3, -0.25) is 130 Å². The number of primary amides is 2. The number of fused-ring (bicyclic) bond motifs is 1. The summed E-state index contributed by atoms with van der Waals surface area (Å²) in [7, 11) is 0. The summed E-state index contributed by atoms with van der Waals surface area (Å²) in [4.78, 5) is 276. The number of hydrogen-bond acceptors (Lipinski definition) is 29. The Hall–Kier alpha value is -12.1. The first-order valence-corrected chi connectivity index (χ1v) is 45.3. The molecule has 4 heterocycles. The number of carbonyl (C=O) groups is 19. The number of carbonyl (C=O) groups excluding carboxylic acids is 13. The molecule has 2 fully saturated rings. The lowest BCUT2D eigenvalue weighted by atomic mass is 10.0. The van der Waals surface area contributed by atoms with Crippen molar-refractivity contribution in [2.24, 2.45) is 23.3 Å². The van der Waals surface area contributed by atoms with Crippen LogP contribution in [0.3, 0.4) is 0 Å². The second-order valence-corrected chi connectivity index (χ2v) is 34.4. The number of aromatic amines is 2. The van der Waals surface area contributed by atoms with Crippen molar-refractivity contribution in [3.63, 3.8) is 0 Å². The zero-order chi connectivity index (χ0) is 98.4. The number of carboxylic acids is 6. The third-order valence-corrected chi connectivity index (χ3v) is 22.4. The highest BCUT2D eigenvalue weighted by Crippen LogP contribution is 2.21. The summed E-state index contributed by atoms with van der Waals surface area (Å²) in [6.45, 7) is 4.74. The van der Waals surface area contributed by atoms with Gasteiger partial charge in [-0.2, -0.15) is 11.8 Å². The van der Waals surface area contributed by atoms with E-state index in [0.717, 1.165) is 0 Å². The molecule has 0 radical (unpaired) electrons. The number of rotatable bonds is 54. The van der Waals surface area contributed by atoms with Crippen molar-refractivity contribution in [1.82, 2.24) is 112 Å².